The van der Waals surface area contributed by atoms with Gasteiger partial charge in [0, 0.05) is 22.9 Å². The average molecular weight is 564 g/mol. The number of para-hydroxylation sites is 2. The summed E-state index contributed by atoms with van der Waals surface area (Å²) in [4.78, 5) is 11.5. The molecule has 0 saturated heterocycles. The van der Waals surface area contributed by atoms with E-state index in [9.17, 15) is 4.79 Å². The zero-order chi connectivity index (χ0) is 29.3. The van der Waals surface area contributed by atoms with Gasteiger partial charge in [-0.2, -0.15) is 0 Å². The summed E-state index contributed by atoms with van der Waals surface area (Å²) in [5.74, 6) is 1.66. The lowest BCUT2D eigenvalue weighted by molar-refractivity contribution is -0.143. The van der Waals surface area contributed by atoms with Crippen LogP contribution in [0.3, 0.4) is 0 Å². The van der Waals surface area contributed by atoms with Gasteiger partial charge in [-0.25, -0.2) is 0 Å². The molecule has 0 bridgehead atoms. The molecule has 0 radical (unpaired) electrons. The van der Waals surface area contributed by atoms with Gasteiger partial charge in [-0.1, -0.05) is 60.7 Å². The first-order valence-electron chi connectivity index (χ1n) is 14.4. The van der Waals surface area contributed by atoms with E-state index in [2.05, 4.69) is 83.4 Å². The molecular formula is C36H37NO5. The summed E-state index contributed by atoms with van der Waals surface area (Å²) < 4.78 is 24.6. The number of nitrogens with zero attached hydrogens (tertiary/aromatic N) is 1. The van der Waals surface area contributed by atoms with Gasteiger partial charge in [0.1, 0.15) is 0 Å². The lowest BCUT2D eigenvalue weighted by atomic mass is 10.1. The first-order valence-corrected chi connectivity index (χ1v) is 14.4. The zero-order valence-corrected chi connectivity index (χ0v) is 24.5. The van der Waals surface area contributed by atoms with E-state index >= 15 is 0 Å². The molecule has 0 amide bonds. The molecule has 4 aromatic carbocycles. The number of aromatic nitrogens is 1. The standard InChI is InChI=1S/C36H37NO5/c1-4-41-35(38)16-6-5-11-23-42-36-33(39-2)24-27(25-34(36)40-3)18-17-26-19-21-28(22-20-26)37-31-14-9-7-12-29(31)30-13-8-10-15-32(30)37/h7-10,12-15,17-22,24-25H,4-6,11,16,23H2,1-3H3. The van der Waals surface area contributed by atoms with Gasteiger partial charge in [0.15, 0.2) is 11.5 Å². The van der Waals surface area contributed by atoms with Crippen LogP contribution in [0.1, 0.15) is 43.7 Å². The van der Waals surface area contributed by atoms with Crippen LogP contribution < -0.4 is 14.2 Å². The van der Waals surface area contributed by atoms with Crippen molar-refractivity contribution in [3.05, 3.63) is 96.1 Å². The van der Waals surface area contributed by atoms with Crippen LogP contribution in [0.4, 0.5) is 0 Å². The molecule has 0 fully saturated rings. The van der Waals surface area contributed by atoms with E-state index in [4.69, 9.17) is 18.9 Å². The van der Waals surface area contributed by atoms with Gasteiger partial charge < -0.3 is 23.5 Å². The molecule has 6 heteroatoms. The molecule has 0 atom stereocenters. The lowest BCUT2D eigenvalue weighted by Crippen LogP contribution is -2.05. The minimum atomic E-state index is -0.149. The highest BCUT2D eigenvalue weighted by molar-refractivity contribution is 6.09. The van der Waals surface area contributed by atoms with Crippen LogP contribution in [0.2, 0.25) is 0 Å². The Hall–Kier alpha value is -4.71. The Morgan fingerprint density at radius 1 is 0.738 bits per heavy atom. The number of carbonyl (C=O) groups excluding carboxylic acids is 1. The largest absolute Gasteiger partial charge is 0.493 e. The van der Waals surface area contributed by atoms with Gasteiger partial charge in [0.25, 0.3) is 0 Å². The summed E-state index contributed by atoms with van der Waals surface area (Å²) in [6, 6.07) is 29.5. The van der Waals surface area contributed by atoms with Crippen molar-refractivity contribution < 1.29 is 23.7 Å². The number of ether oxygens (including phenoxy) is 4. The Morgan fingerprint density at radius 3 is 1.93 bits per heavy atom. The minimum absolute atomic E-state index is 0.149. The van der Waals surface area contributed by atoms with E-state index in [1.165, 1.54) is 21.8 Å². The molecule has 6 nitrogen and oxygen atoms in total. The summed E-state index contributed by atoms with van der Waals surface area (Å²) >= 11 is 0. The van der Waals surface area contributed by atoms with Crippen molar-refractivity contribution in [3.63, 3.8) is 0 Å². The smallest absolute Gasteiger partial charge is 0.305 e. The number of esters is 1. The molecule has 0 N–H and O–H groups in total. The Labute approximate surface area is 247 Å². The number of hydrogen-bond acceptors (Lipinski definition) is 5. The fraction of sp³-hybridized carbons (Fsp3) is 0.250. The molecule has 0 aliphatic rings. The monoisotopic (exact) mass is 563 g/mol. The van der Waals surface area contributed by atoms with Crippen LogP contribution in [0.15, 0.2) is 84.9 Å². The minimum Gasteiger partial charge on any atom is -0.493 e. The van der Waals surface area contributed by atoms with E-state index < -0.39 is 0 Å². The summed E-state index contributed by atoms with van der Waals surface area (Å²) in [5, 5.41) is 2.50. The van der Waals surface area contributed by atoms with E-state index in [0.29, 0.717) is 36.9 Å². The highest BCUT2D eigenvalue weighted by Gasteiger charge is 2.14. The highest BCUT2D eigenvalue weighted by Crippen LogP contribution is 2.39. The van der Waals surface area contributed by atoms with Crippen LogP contribution in [0.5, 0.6) is 17.2 Å². The first kappa shape index (κ1) is 28.8. The van der Waals surface area contributed by atoms with Crippen LogP contribution in [-0.4, -0.2) is 38.0 Å². The maximum atomic E-state index is 11.5. The number of benzene rings is 4. The molecule has 42 heavy (non-hydrogen) atoms. The molecule has 0 aliphatic heterocycles. The Kier molecular flexibility index (Phi) is 9.44. The van der Waals surface area contributed by atoms with Gasteiger partial charge in [-0.3, -0.25) is 4.79 Å². The van der Waals surface area contributed by atoms with Crippen molar-refractivity contribution in [2.24, 2.45) is 0 Å². The summed E-state index contributed by atoms with van der Waals surface area (Å²) in [6.07, 6.45) is 7.02. The first-order chi connectivity index (χ1) is 20.6. The number of methoxy groups -OCH3 is 2. The van der Waals surface area contributed by atoms with Crippen molar-refractivity contribution >= 4 is 39.9 Å². The maximum absolute atomic E-state index is 11.5. The molecule has 5 aromatic rings. The molecule has 0 aliphatic carbocycles. The van der Waals surface area contributed by atoms with E-state index in [1.807, 2.05) is 25.1 Å². The lowest BCUT2D eigenvalue weighted by Gasteiger charge is -2.15. The van der Waals surface area contributed by atoms with Crippen LogP contribution in [-0.2, 0) is 9.53 Å². The zero-order valence-electron chi connectivity index (χ0n) is 24.5. The molecule has 1 heterocycles. The van der Waals surface area contributed by atoms with Crippen molar-refractivity contribution in [2.75, 3.05) is 27.4 Å². The van der Waals surface area contributed by atoms with Crippen LogP contribution in [0.25, 0.3) is 39.6 Å². The molecule has 0 saturated carbocycles. The van der Waals surface area contributed by atoms with Gasteiger partial charge in [-0.15, -0.1) is 0 Å². The molecule has 0 spiro atoms. The molecular weight excluding hydrogens is 526 g/mol. The van der Waals surface area contributed by atoms with Crippen LogP contribution in [0, 0.1) is 0 Å². The van der Waals surface area contributed by atoms with Crippen molar-refractivity contribution in [1.82, 2.24) is 4.57 Å². The highest BCUT2D eigenvalue weighted by atomic mass is 16.5. The Morgan fingerprint density at radius 2 is 1.33 bits per heavy atom. The summed E-state index contributed by atoms with van der Waals surface area (Å²) in [6.45, 7) is 2.74. The third kappa shape index (κ3) is 6.44. The normalized spacial score (nSPS) is 11.3. The number of carbonyl (C=O) groups is 1. The maximum Gasteiger partial charge on any atom is 0.305 e. The van der Waals surface area contributed by atoms with Gasteiger partial charge in [-0.05, 0) is 73.7 Å². The van der Waals surface area contributed by atoms with Gasteiger partial charge in [0.05, 0.1) is 38.5 Å². The van der Waals surface area contributed by atoms with E-state index in [0.717, 1.165) is 36.1 Å². The number of rotatable bonds is 13. The second-order valence-corrected chi connectivity index (χ2v) is 10.0. The number of hydrogen-bond donors (Lipinski definition) is 0. The second kappa shape index (κ2) is 13.8. The molecule has 216 valence electrons. The topological polar surface area (TPSA) is 58.9 Å². The third-order valence-electron chi connectivity index (χ3n) is 7.26. The van der Waals surface area contributed by atoms with E-state index in [1.54, 1.807) is 14.2 Å². The third-order valence-corrected chi connectivity index (χ3v) is 7.26. The summed E-state index contributed by atoms with van der Waals surface area (Å²) in [5.41, 5.74) is 5.54. The predicted molar refractivity (Wildman–Crippen MR) is 170 cm³/mol. The van der Waals surface area contributed by atoms with Crippen molar-refractivity contribution in [3.8, 4) is 22.9 Å². The molecule has 1 aromatic heterocycles. The number of fused-ring (bicyclic) bond motifs is 3. The Balaban J connectivity index is 1.28. The van der Waals surface area contributed by atoms with Gasteiger partial charge in [0.2, 0.25) is 5.75 Å². The summed E-state index contributed by atoms with van der Waals surface area (Å²) in [7, 11) is 3.25. The SMILES string of the molecule is CCOC(=O)CCCCCOc1c(OC)cc(C=Cc2ccc(-n3c4ccccc4c4ccccc43)cc2)cc1OC. The van der Waals surface area contributed by atoms with Crippen LogP contribution >= 0.6 is 0 Å². The molecule has 5 rings (SSSR count). The van der Waals surface area contributed by atoms with E-state index in [-0.39, 0.29) is 5.97 Å². The number of unbranched alkanes of at least 4 members (excludes halogenated alkanes) is 2. The van der Waals surface area contributed by atoms with Crippen molar-refractivity contribution in [1.29, 1.82) is 0 Å². The quantitative estimate of drug-likeness (QED) is 0.0817. The average Bonchev–Trinajstić information content (AvgIpc) is 3.36. The second-order valence-electron chi connectivity index (χ2n) is 10.0. The Bertz CT molecular complexity index is 1600. The molecule has 0 unspecified atom stereocenters. The predicted octanol–water partition coefficient (Wildman–Crippen LogP) is 8.47. The fourth-order valence-electron chi connectivity index (χ4n) is 5.22. The van der Waals surface area contributed by atoms with Gasteiger partial charge >= 0.3 is 5.97 Å². The van der Waals surface area contributed by atoms with Crippen molar-refractivity contribution in [2.45, 2.75) is 32.6 Å². The fourth-order valence-corrected chi connectivity index (χ4v) is 5.22.